The minimum Gasteiger partial charge on any atom is -0.348 e. The quantitative estimate of drug-likeness (QED) is 0.771. The van der Waals surface area contributed by atoms with Crippen LogP contribution in [0.1, 0.15) is 24.6 Å². The number of aromatic amines is 2. The van der Waals surface area contributed by atoms with E-state index < -0.39 is 0 Å². The summed E-state index contributed by atoms with van der Waals surface area (Å²) >= 11 is 0. The van der Waals surface area contributed by atoms with Crippen LogP contribution in [-0.4, -0.2) is 28.0 Å². The lowest BCUT2D eigenvalue weighted by molar-refractivity contribution is 0.252. The van der Waals surface area contributed by atoms with Gasteiger partial charge in [-0.15, -0.1) is 0 Å². The van der Waals surface area contributed by atoms with Crippen molar-refractivity contribution in [1.82, 2.24) is 14.9 Å². The zero-order valence-electron chi connectivity index (χ0n) is 9.14. The van der Waals surface area contributed by atoms with Crippen molar-refractivity contribution < 1.29 is 0 Å². The molecule has 0 atom stereocenters. The number of fused-ring (bicyclic) bond motifs is 3. The number of hydrogen-bond acceptors (Lipinski definition) is 1. The van der Waals surface area contributed by atoms with Crippen LogP contribution in [0.15, 0.2) is 12.3 Å². The Kier molecular flexibility index (Phi) is 2.06. The lowest BCUT2D eigenvalue weighted by atomic mass is 10.1. The Balaban J connectivity index is 1.95. The molecule has 0 fully saturated rings. The van der Waals surface area contributed by atoms with Crippen LogP contribution in [0, 0.1) is 0 Å². The molecule has 0 aliphatic carbocycles. The zero-order valence-corrected chi connectivity index (χ0v) is 9.14. The maximum atomic E-state index is 3.49. The average molecular weight is 203 g/mol. The molecule has 3 rings (SSSR count). The first-order valence-electron chi connectivity index (χ1n) is 5.77. The highest BCUT2D eigenvalue weighted by atomic mass is 15.1. The molecule has 2 aromatic rings. The predicted molar refractivity (Wildman–Crippen MR) is 61.9 cm³/mol. The zero-order chi connectivity index (χ0) is 10.3. The number of aromatic nitrogens is 2. The fourth-order valence-electron chi connectivity index (χ4n) is 2.61. The molecule has 0 saturated heterocycles. The molecule has 1 aliphatic rings. The Labute approximate surface area is 89.5 Å². The second-order valence-electron chi connectivity index (χ2n) is 4.37. The topological polar surface area (TPSA) is 34.8 Å². The lowest BCUT2D eigenvalue weighted by Crippen LogP contribution is -2.30. The van der Waals surface area contributed by atoms with Gasteiger partial charge in [-0.3, -0.25) is 4.90 Å². The summed E-state index contributed by atoms with van der Waals surface area (Å²) in [5, 5.41) is 1.39. The maximum absolute atomic E-state index is 3.49. The van der Waals surface area contributed by atoms with Crippen molar-refractivity contribution in [3.8, 4) is 0 Å². The van der Waals surface area contributed by atoms with E-state index in [4.69, 9.17) is 0 Å². The summed E-state index contributed by atoms with van der Waals surface area (Å²) in [7, 11) is 0. The van der Waals surface area contributed by atoms with E-state index >= 15 is 0 Å². The third kappa shape index (κ3) is 1.38. The first-order valence-corrected chi connectivity index (χ1v) is 5.77. The largest absolute Gasteiger partial charge is 0.348 e. The van der Waals surface area contributed by atoms with Crippen LogP contribution in [0.2, 0.25) is 0 Å². The van der Waals surface area contributed by atoms with Gasteiger partial charge in [-0.25, -0.2) is 0 Å². The fourth-order valence-corrected chi connectivity index (χ4v) is 2.61. The molecule has 0 saturated carbocycles. The van der Waals surface area contributed by atoms with Crippen molar-refractivity contribution >= 4 is 11.0 Å². The fraction of sp³-hybridized carbons (Fsp3) is 0.500. The molecule has 3 nitrogen and oxygen atoms in total. The van der Waals surface area contributed by atoms with Crippen molar-refractivity contribution in [2.75, 3.05) is 13.1 Å². The van der Waals surface area contributed by atoms with Crippen molar-refractivity contribution in [3.05, 3.63) is 23.5 Å². The molecule has 0 bridgehead atoms. The summed E-state index contributed by atoms with van der Waals surface area (Å²) in [6.45, 7) is 5.76. The van der Waals surface area contributed by atoms with Gasteiger partial charge in [-0.2, -0.15) is 0 Å². The second kappa shape index (κ2) is 3.42. The van der Waals surface area contributed by atoms with Gasteiger partial charge < -0.3 is 9.97 Å². The minimum absolute atomic E-state index is 1.09. The molecule has 0 unspecified atom stereocenters. The monoisotopic (exact) mass is 203 g/mol. The summed E-state index contributed by atoms with van der Waals surface area (Å²) < 4.78 is 0. The van der Waals surface area contributed by atoms with Crippen LogP contribution < -0.4 is 0 Å². The van der Waals surface area contributed by atoms with Gasteiger partial charge in [-0.05, 0) is 31.0 Å². The van der Waals surface area contributed by atoms with E-state index in [2.05, 4.69) is 27.9 Å². The molecular formula is C12H17N3. The molecule has 1 aliphatic heterocycles. The highest BCUT2D eigenvalue weighted by Crippen LogP contribution is 2.26. The van der Waals surface area contributed by atoms with E-state index in [1.807, 2.05) is 6.20 Å². The van der Waals surface area contributed by atoms with Gasteiger partial charge in [0.05, 0.1) is 0 Å². The number of nitrogens with zero attached hydrogens (tertiary/aromatic N) is 1. The first-order chi connectivity index (χ1) is 7.38. The standard InChI is InChI=1S/C12H17N3/c1-2-6-15-7-4-9-10-3-5-13-12(10)14-11(9)8-15/h3,5,13-14H,2,4,6-8H2,1H3. The second-order valence-corrected chi connectivity index (χ2v) is 4.37. The van der Waals surface area contributed by atoms with Crippen LogP contribution >= 0.6 is 0 Å². The maximum Gasteiger partial charge on any atom is 0.115 e. The van der Waals surface area contributed by atoms with Crippen LogP contribution in [0.5, 0.6) is 0 Å². The Bertz CT molecular complexity index is 466. The third-order valence-electron chi connectivity index (χ3n) is 3.31. The number of H-pyrrole nitrogens is 2. The predicted octanol–water partition coefficient (Wildman–Crippen LogP) is 2.26. The summed E-state index contributed by atoms with van der Waals surface area (Å²) in [5.41, 5.74) is 4.13. The van der Waals surface area contributed by atoms with Gasteiger partial charge in [0.1, 0.15) is 5.65 Å². The van der Waals surface area contributed by atoms with Gasteiger partial charge >= 0.3 is 0 Å². The number of rotatable bonds is 2. The van der Waals surface area contributed by atoms with Crippen molar-refractivity contribution in [3.63, 3.8) is 0 Å². The molecule has 2 N–H and O–H groups in total. The molecule has 0 aromatic carbocycles. The molecule has 3 heterocycles. The van der Waals surface area contributed by atoms with Crippen LogP contribution in [0.3, 0.4) is 0 Å². The number of hydrogen-bond donors (Lipinski definition) is 2. The van der Waals surface area contributed by atoms with E-state index in [9.17, 15) is 0 Å². The third-order valence-corrected chi connectivity index (χ3v) is 3.31. The smallest absolute Gasteiger partial charge is 0.115 e. The summed E-state index contributed by atoms with van der Waals surface area (Å²) in [4.78, 5) is 9.26. The molecule has 2 aromatic heterocycles. The summed E-state index contributed by atoms with van der Waals surface area (Å²) in [6.07, 6.45) is 4.45. The Morgan fingerprint density at radius 2 is 2.40 bits per heavy atom. The van der Waals surface area contributed by atoms with E-state index in [-0.39, 0.29) is 0 Å². The molecule has 0 radical (unpaired) electrons. The average Bonchev–Trinajstić information content (AvgIpc) is 2.77. The minimum atomic E-state index is 1.09. The van der Waals surface area contributed by atoms with Crippen molar-refractivity contribution in [2.24, 2.45) is 0 Å². The molecule has 3 heteroatoms. The van der Waals surface area contributed by atoms with Gasteiger partial charge in [0, 0.05) is 30.4 Å². The summed E-state index contributed by atoms with van der Waals surface area (Å²) in [6, 6.07) is 2.18. The van der Waals surface area contributed by atoms with Gasteiger partial charge in [-0.1, -0.05) is 6.92 Å². The number of nitrogens with one attached hydrogen (secondary N) is 2. The van der Waals surface area contributed by atoms with Crippen molar-refractivity contribution in [1.29, 1.82) is 0 Å². The van der Waals surface area contributed by atoms with E-state index in [1.54, 1.807) is 0 Å². The molecule has 80 valence electrons. The van der Waals surface area contributed by atoms with Gasteiger partial charge in [0.15, 0.2) is 0 Å². The van der Waals surface area contributed by atoms with Gasteiger partial charge in [0.2, 0.25) is 0 Å². The van der Waals surface area contributed by atoms with Crippen LogP contribution in [0.4, 0.5) is 0 Å². The van der Waals surface area contributed by atoms with Crippen molar-refractivity contribution in [2.45, 2.75) is 26.3 Å². The summed E-state index contributed by atoms with van der Waals surface area (Å²) in [5.74, 6) is 0. The van der Waals surface area contributed by atoms with Crippen LogP contribution in [0.25, 0.3) is 11.0 Å². The molecule has 15 heavy (non-hydrogen) atoms. The molecule has 0 spiro atoms. The SMILES string of the molecule is CCCN1CCc2c([nH]c3[nH]ccc23)C1. The first kappa shape index (κ1) is 9.04. The van der Waals surface area contributed by atoms with E-state index in [0.29, 0.717) is 0 Å². The normalized spacial score (nSPS) is 17.1. The van der Waals surface area contributed by atoms with Gasteiger partial charge in [0.25, 0.3) is 0 Å². The van der Waals surface area contributed by atoms with E-state index in [1.165, 1.54) is 48.2 Å². The highest BCUT2D eigenvalue weighted by molar-refractivity contribution is 5.82. The molecular weight excluding hydrogens is 186 g/mol. The lowest BCUT2D eigenvalue weighted by Gasteiger charge is -2.26. The van der Waals surface area contributed by atoms with Crippen LogP contribution in [-0.2, 0) is 13.0 Å². The Hall–Kier alpha value is -1.22. The molecule has 0 amide bonds. The van der Waals surface area contributed by atoms with E-state index in [0.717, 1.165) is 6.54 Å². The highest BCUT2D eigenvalue weighted by Gasteiger charge is 2.19. The Morgan fingerprint density at radius 3 is 3.27 bits per heavy atom. The Morgan fingerprint density at radius 1 is 1.47 bits per heavy atom.